The van der Waals surface area contributed by atoms with Crippen molar-refractivity contribution < 1.29 is 38.6 Å². The summed E-state index contributed by atoms with van der Waals surface area (Å²) in [6.45, 7) is 15.7. The van der Waals surface area contributed by atoms with Gasteiger partial charge in [-0.05, 0) is 55.9 Å². The van der Waals surface area contributed by atoms with Crippen molar-refractivity contribution in [2.45, 2.75) is 96.7 Å². The van der Waals surface area contributed by atoms with Gasteiger partial charge in [0.1, 0.15) is 29.3 Å². The molecule has 0 aromatic heterocycles. The van der Waals surface area contributed by atoms with E-state index in [-0.39, 0.29) is 19.4 Å². The second kappa shape index (κ2) is 13.2. The number of carbonyl (C=O) groups excluding carboxylic acids is 4. The molecule has 1 aliphatic heterocycles. The van der Waals surface area contributed by atoms with Gasteiger partial charge in [-0.15, -0.1) is 6.58 Å². The first-order chi connectivity index (χ1) is 21.9. The number of aliphatic carboxylic acids is 1. The predicted octanol–water partition coefficient (Wildman–Crippen LogP) is 4.68. The third-order valence-corrected chi connectivity index (χ3v) is 8.55. The van der Waals surface area contributed by atoms with Gasteiger partial charge in [0.05, 0.1) is 12.6 Å². The normalized spacial score (nSPS) is 23.6. The van der Waals surface area contributed by atoms with Gasteiger partial charge in [0, 0.05) is 12.3 Å². The Morgan fingerprint density at radius 3 is 2.26 bits per heavy atom. The first-order valence-corrected chi connectivity index (χ1v) is 15.8. The lowest BCUT2D eigenvalue weighted by atomic mass is 9.85. The molecule has 2 aromatic rings. The Labute approximate surface area is 275 Å². The van der Waals surface area contributed by atoms with Crippen molar-refractivity contribution in [1.29, 1.82) is 0 Å². The summed E-state index contributed by atoms with van der Waals surface area (Å²) in [6.07, 6.45) is -0.884. The van der Waals surface area contributed by atoms with Crippen LogP contribution in [0.25, 0.3) is 10.8 Å². The average molecular weight is 651 g/mol. The molecule has 2 unspecified atom stereocenters. The zero-order valence-corrected chi connectivity index (χ0v) is 28.1. The number of rotatable bonds is 9. The van der Waals surface area contributed by atoms with Crippen molar-refractivity contribution in [3.05, 3.63) is 60.7 Å². The molecule has 0 radical (unpaired) electrons. The molecule has 4 N–H and O–H groups in total. The Balaban J connectivity index is 1.55. The number of hydrogen-bond donors (Lipinski definition) is 4. The summed E-state index contributed by atoms with van der Waals surface area (Å²) >= 11 is 0. The summed E-state index contributed by atoms with van der Waals surface area (Å²) in [5, 5.41) is 20.0. The largest absolute Gasteiger partial charge is 0.479 e. The first-order valence-electron chi connectivity index (χ1n) is 15.8. The van der Waals surface area contributed by atoms with E-state index in [0.29, 0.717) is 0 Å². The fraction of sp³-hybridized carbons (Fsp3) is 0.514. The Morgan fingerprint density at radius 1 is 1.00 bits per heavy atom. The van der Waals surface area contributed by atoms with Gasteiger partial charge >= 0.3 is 18.2 Å². The third kappa shape index (κ3) is 8.04. The summed E-state index contributed by atoms with van der Waals surface area (Å²) in [6, 6.07) is 10.9. The van der Waals surface area contributed by atoms with E-state index in [2.05, 4.69) is 22.5 Å². The van der Waals surface area contributed by atoms with E-state index in [0.717, 1.165) is 16.3 Å². The van der Waals surface area contributed by atoms with E-state index >= 15 is 0 Å². The number of alkyl carbamates (subject to hydrolysis) is 2. The zero-order valence-electron chi connectivity index (χ0n) is 28.1. The smallest absolute Gasteiger partial charge is 0.408 e. The molecular formula is C35H46N4O8. The van der Waals surface area contributed by atoms with Gasteiger partial charge in [0.15, 0.2) is 0 Å². The minimum Gasteiger partial charge on any atom is -0.479 e. The Morgan fingerprint density at radius 2 is 1.66 bits per heavy atom. The SMILES string of the molecule is C=CC1CC1(NC(=O)[C@@H]1C[C@@H](OC(=O)N[C@H](C)c2cccc3ccccc23)CN1C(=O)[C@@H](NC(=O)OC(C)(C)C)C(C)(C)C)C(=O)O. The summed E-state index contributed by atoms with van der Waals surface area (Å²) in [7, 11) is 0. The van der Waals surface area contributed by atoms with Gasteiger partial charge < -0.3 is 35.4 Å². The molecular weight excluding hydrogens is 604 g/mol. The molecule has 2 aromatic carbocycles. The minimum absolute atomic E-state index is 0.0780. The standard InChI is InChI=1S/C35H46N4O8/c1-9-22-18-35(22,30(42)43)38-28(40)26-17-23(19-39(26)29(41)27(33(3,4)5)37-32(45)47-34(6,7)8)46-31(44)36-20(2)24-16-12-14-21-13-10-11-15-25(21)24/h9-16,20,22-23,26-27H,1,17-19H2,2-8H3,(H,36,44)(H,37,45)(H,38,40)(H,42,43)/t20-,22?,23-,26+,27-,35?/m1/s1. The van der Waals surface area contributed by atoms with Crippen molar-refractivity contribution in [3.63, 3.8) is 0 Å². The molecule has 1 saturated heterocycles. The lowest BCUT2D eigenvalue weighted by Gasteiger charge is -2.35. The molecule has 4 amide bonds. The molecule has 0 bridgehead atoms. The van der Waals surface area contributed by atoms with Crippen LogP contribution in [0.15, 0.2) is 55.1 Å². The van der Waals surface area contributed by atoms with Crippen LogP contribution < -0.4 is 16.0 Å². The van der Waals surface area contributed by atoms with Gasteiger partial charge in [-0.1, -0.05) is 69.3 Å². The number of fused-ring (bicyclic) bond motifs is 1. The maximum Gasteiger partial charge on any atom is 0.408 e. The molecule has 1 heterocycles. The van der Waals surface area contributed by atoms with E-state index in [1.165, 1.54) is 11.0 Å². The van der Waals surface area contributed by atoms with E-state index < -0.39 is 76.7 Å². The molecule has 254 valence electrons. The van der Waals surface area contributed by atoms with Crippen LogP contribution in [0.2, 0.25) is 0 Å². The molecule has 12 nitrogen and oxygen atoms in total. The average Bonchev–Trinajstić information content (AvgIpc) is 3.53. The molecule has 0 spiro atoms. The number of nitrogens with zero attached hydrogens (tertiary/aromatic N) is 1. The maximum atomic E-state index is 14.1. The van der Waals surface area contributed by atoms with Crippen LogP contribution in [0, 0.1) is 11.3 Å². The number of ether oxygens (including phenoxy) is 2. The van der Waals surface area contributed by atoms with Gasteiger partial charge in [-0.25, -0.2) is 14.4 Å². The third-order valence-electron chi connectivity index (χ3n) is 8.55. The van der Waals surface area contributed by atoms with Crippen LogP contribution in [-0.2, 0) is 23.9 Å². The van der Waals surface area contributed by atoms with Gasteiger partial charge in [0.25, 0.3) is 0 Å². The summed E-state index contributed by atoms with van der Waals surface area (Å²) in [5.41, 5.74) is -2.28. The Bertz CT molecular complexity index is 1560. The van der Waals surface area contributed by atoms with Gasteiger partial charge in [-0.2, -0.15) is 0 Å². The topological polar surface area (TPSA) is 163 Å². The van der Waals surface area contributed by atoms with Crippen LogP contribution in [-0.4, -0.2) is 75.8 Å². The number of hydrogen-bond acceptors (Lipinski definition) is 7. The fourth-order valence-electron chi connectivity index (χ4n) is 6.00. The number of carboxylic acid groups (broad SMARTS) is 1. The van der Waals surface area contributed by atoms with Crippen molar-refractivity contribution >= 4 is 40.7 Å². The van der Waals surface area contributed by atoms with E-state index in [1.54, 1.807) is 41.5 Å². The highest BCUT2D eigenvalue weighted by Gasteiger charge is 2.61. The van der Waals surface area contributed by atoms with Crippen molar-refractivity contribution in [1.82, 2.24) is 20.9 Å². The van der Waals surface area contributed by atoms with Gasteiger partial charge in [0.2, 0.25) is 11.8 Å². The number of likely N-dealkylation sites (tertiary alicyclic amines) is 1. The predicted molar refractivity (Wildman–Crippen MR) is 175 cm³/mol. The molecule has 4 rings (SSSR count). The summed E-state index contributed by atoms with van der Waals surface area (Å²) < 4.78 is 11.2. The van der Waals surface area contributed by atoms with Crippen molar-refractivity contribution in [3.8, 4) is 0 Å². The zero-order chi connectivity index (χ0) is 34.9. The maximum absolute atomic E-state index is 14.1. The van der Waals surface area contributed by atoms with Crippen LogP contribution in [0.5, 0.6) is 0 Å². The van der Waals surface area contributed by atoms with E-state index in [9.17, 15) is 29.1 Å². The van der Waals surface area contributed by atoms with Crippen LogP contribution in [0.3, 0.4) is 0 Å². The van der Waals surface area contributed by atoms with Gasteiger partial charge in [-0.3, -0.25) is 9.59 Å². The molecule has 1 aliphatic carbocycles. The van der Waals surface area contributed by atoms with Crippen LogP contribution in [0.1, 0.15) is 72.9 Å². The highest BCUT2D eigenvalue weighted by molar-refractivity contribution is 5.96. The monoisotopic (exact) mass is 650 g/mol. The Kier molecular flexibility index (Phi) is 9.94. The molecule has 2 aliphatic rings. The van der Waals surface area contributed by atoms with E-state index in [1.807, 2.05) is 49.4 Å². The van der Waals surface area contributed by atoms with E-state index in [4.69, 9.17) is 9.47 Å². The lowest BCUT2D eigenvalue weighted by molar-refractivity contribution is -0.146. The second-order valence-electron chi connectivity index (χ2n) is 14.5. The summed E-state index contributed by atoms with van der Waals surface area (Å²) in [4.78, 5) is 67.1. The fourth-order valence-corrected chi connectivity index (χ4v) is 6.00. The first kappa shape index (κ1) is 35.2. The number of carboxylic acids is 1. The highest BCUT2D eigenvalue weighted by Crippen LogP contribution is 2.45. The van der Waals surface area contributed by atoms with Crippen molar-refractivity contribution in [2.75, 3.05) is 6.54 Å². The molecule has 2 fully saturated rings. The molecule has 6 atom stereocenters. The van der Waals surface area contributed by atoms with Crippen molar-refractivity contribution in [2.24, 2.45) is 11.3 Å². The second-order valence-corrected chi connectivity index (χ2v) is 14.5. The molecule has 12 heteroatoms. The minimum atomic E-state index is -1.53. The van der Waals surface area contributed by atoms with Crippen LogP contribution >= 0.6 is 0 Å². The number of amides is 4. The Hall–Kier alpha value is -4.61. The molecule has 47 heavy (non-hydrogen) atoms. The molecule has 1 saturated carbocycles. The quantitative estimate of drug-likeness (QED) is 0.284. The number of nitrogens with one attached hydrogen (secondary N) is 3. The highest BCUT2D eigenvalue weighted by atomic mass is 16.6. The number of benzene rings is 2. The number of carbonyl (C=O) groups is 5. The van der Waals surface area contributed by atoms with Crippen LogP contribution in [0.4, 0.5) is 9.59 Å². The lowest BCUT2D eigenvalue weighted by Crippen LogP contribution is -2.59. The summed E-state index contributed by atoms with van der Waals surface area (Å²) in [5.74, 6) is -2.98.